The fourth-order valence-electron chi connectivity index (χ4n) is 7.21. The molecule has 0 radical (unpaired) electrons. The summed E-state index contributed by atoms with van der Waals surface area (Å²) < 4.78 is 205. The number of ether oxygens (including phenoxy) is 10. The van der Waals surface area contributed by atoms with Crippen molar-refractivity contribution in [2.45, 2.75) is 137 Å². The van der Waals surface area contributed by atoms with Gasteiger partial charge in [-0.3, -0.25) is 37.4 Å². The van der Waals surface area contributed by atoms with Crippen molar-refractivity contribution in [3.8, 4) is 0 Å². The lowest BCUT2D eigenvalue weighted by molar-refractivity contribution is -0.395. The number of hydrogen-bond donors (Lipinski definition) is 11. The van der Waals surface area contributed by atoms with Gasteiger partial charge >= 0.3 is 41.6 Å². The number of aliphatic hydroxyl groups excluding tert-OH is 5. The predicted octanol–water partition coefficient (Wildman–Crippen LogP) is -8.67. The lowest BCUT2D eigenvalue weighted by Gasteiger charge is -2.50. The minimum Gasteiger partial charge on any atom is -0.435 e. The molecule has 8 unspecified atom stereocenters. The summed E-state index contributed by atoms with van der Waals surface area (Å²) in [4.78, 5) is 48.2. The van der Waals surface area contributed by atoms with Crippen LogP contribution in [-0.4, -0.2) is 245 Å². The van der Waals surface area contributed by atoms with Gasteiger partial charge in [-0.05, 0) is 0 Å². The van der Waals surface area contributed by atoms with Crippen molar-refractivity contribution in [2.75, 3.05) is 19.8 Å². The van der Waals surface area contributed by atoms with E-state index >= 15 is 0 Å². The van der Waals surface area contributed by atoms with E-state index in [1.807, 2.05) is 0 Å². The Balaban J connectivity index is 1.82. The predicted molar refractivity (Wildman–Crippen MR) is 213 cm³/mol. The smallest absolute Gasteiger partial charge is 0.397 e. The third kappa shape index (κ3) is 17.3. The van der Waals surface area contributed by atoms with Crippen molar-refractivity contribution in [1.82, 2.24) is 10.6 Å². The van der Waals surface area contributed by atoms with Crippen molar-refractivity contribution in [3.05, 3.63) is 12.7 Å². The number of aliphatic hydroxyl groups is 5. The third-order valence-corrected chi connectivity index (χ3v) is 11.7. The number of nitrogens with one attached hydrogen (secondary N) is 2. The zero-order chi connectivity index (χ0) is 54.3. The Labute approximate surface area is 406 Å². The SMILES string of the molecule is C=CCOC1OC(COS(=O)(=O)O)[C@H](OS(=O)(=O)O)[C@H](OC2OC(OC=O)[C@@H](O[C@@H]3OC(COS(=O)(=O)O)[C@H](OS(=O)(=O)O)[C@H](O[C@@H]4OC(OC=O)[C@@H](O)[C@H](O)C4O)C3NC(C)=O)[C@H](O)[C@@H]2O)[C@@H]1NC(C)=O. The third-order valence-electron chi connectivity index (χ3n) is 9.92. The molecule has 2 amide bonds. The van der Waals surface area contributed by atoms with Crippen LogP contribution in [0, 0.1) is 0 Å². The van der Waals surface area contributed by atoms with Gasteiger partial charge in [-0.1, -0.05) is 6.08 Å². The van der Waals surface area contributed by atoms with Crippen molar-refractivity contribution < 1.29 is 161 Å². The number of hydrogen-bond acceptors (Lipinski definition) is 31. The highest BCUT2D eigenvalue weighted by Gasteiger charge is 2.59. The van der Waals surface area contributed by atoms with Crippen molar-refractivity contribution in [3.63, 3.8) is 0 Å². The molecule has 0 spiro atoms. The van der Waals surface area contributed by atoms with Gasteiger partial charge in [0.25, 0.3) is 12.9 Å². The molecule has 0 saturated carbocycles. The zero-order valence-corrected chi connectivity index (χ0v) is 39.6. The average Bonchev–Trinajstić information content (AvgIpc) is 3.24. The summed E-state index contributed by atoms with van der Waals surface area (Å²) >= 11 is 0. The number of carbonyl (C=O) groups is 4. The van der Waals surface area contributed by atoms with Crippen LogP contribution in [0.2, 0.25) is 0 Å². The summed E-state index contributed by atoms with van der Waals surface area (Å²) in [5, 5.41) is 59.1. The van der Waals surface area contributed by atoms with Crippen LogP contribution in [0.5, 0.6) is 0 Å². The minimum atomic E-state index is -5.79. The average molecular weight is 1140 g/mol. The highest BCUT2D eigenvalue weighted by atomic mass is 32.3. The molecule has 0 aromatic heterocycles. The standard InChI is InChI=1S/C31H48N2O35S4/c1-4-5-55-26-14(32-10(2)36)23(21(67-71(49,50)51)12(60-26)6-58-69(43,44)45)62-30-20(42)17(39)25(31(66-30)57-9-35)64-27-15(33-11(3)37)24(63-29-19(41)16(38)18(40)28(65-29)56-8-34)22(68-72(52,53)54)13(61-27)7-59-70(46,47)48/h4,8-9,12-31,38-42H,1,5-7H2,2-3H3,(H,32,36)(H,33,37)(H,43,44,45)(H,46,47,48)(H,49,50,51)(H,52,53,54)/t12?,13?,14-,15?,16-,17+,18-,19?,20-,21-,22-,23+,24+,25-,26?,27-,28?,29+,30?,31?/m0/s1. The lowest BCUT2D eigenvalue weighted by Crippen LogP contribution is -2.71. The first-order valence-electron chi connectivity index (χ1n) is 19.8. The minimum absolute atomic E-state index is 0.300. The van der Waals surface area contributed by atoms with Gasteiger partial charge in [0, 0.05) is 13.8 Å². The van der Waals surface area contributed by atoms with E-state index in [1.165, 1.54) is 0 Å². The molecule has 41 heteroatoms. The van der Waals surface area contributed by atoms with Gasteiger partial charge in [-0.15, -0.1) is 6.58 Å². The van der Waals surface area contributed by atoms with Crippen LogP contribution in [0.3, 0.4) is 0 Å². The summed E-state index contributed by atoms with van der Waals surface area (Å²) in [6, 6.07) is -4.14. The van der Waals surface area contributed by atoms with Gasteiger partial charge < -0.3 is 83.5 Å². The normalized spacial score (nSPS) is 37.9. The highest BCUT2D eigenvalue weighted by molar-refractivity contribution is 7.81. The highest BCUT2D eigenvalue weighted by Crippen LogP contribution is 2.37. The summed E-state index contributed by atoms with van der Waals surface area (Å²) in [6.07, 6.45) is -41.8. The second kappa shape index (κ2) is 25.4. The Kier molecular flexibility index (Phi) is 21.6. The molecule has 0 aromatic rings. The van der Waals surface area contributed by atoms with Crippen LogP contribution < -0.4 is 10.6 Å². The molecule has 4 saturated heterocycles. The van der Waals surface area contributed by atoms with Crippen molar-refractivity contribution >= 4 is 66.4 Å². The summed E-state index contributed by atoms with van der Waals surface area (Å²) in [5.41, 5.74) is 0. The molecule has 0 aliphatic carbocycles. The first-order valence-corrected chi connectivity index (χ1v) is 25.2. The van der Waals surface area contributed by atoms with Gasteiger partial charge in [0.15, 0.2) is 31.3 Å². The summed E-state index contributed by atoms with van der Waals surface area (Å²) in [6.45, 7) is 1.000. The van der Waals surface area contributed by atoms with E-state index in [2.05, 4.69) is 38.7 Å². The summed E-state index contributed by atoms with van der Waals surface area (Å²) in [5.74, 6) is -2.12. The van der Waals surface area contributed by atoms with E-state index in [0.717, 1.165) is 19.9 Å². The fourth-order valence-corrected chi connectivity index (χ4v) is 8.85. The quantitative estimate of drug-likeness (QED) is 0.0230. The van der Waals surface area contributed by atoms with Crippen LogP contribution in [0.4, 0.5) is 0 Å². The van der Waals surface area contributed by atoms with E-state index in [1.54, 1.807) is 0 Å². The van der Waals surface area contributed by atoms with Crippen molar-refractivity contribution in [2.24, 2.45) is 0 Å². The van der Waals surface area contributed by atoms with E-state index in [4.69, 9.17) is 42.6 Å². The maximum Gasteiger partial charge on any atom is 0.397 e. The van der Waals surface area contributed by atoms with Gasteiger partial charge in [-0.2, -0.15) is 33.7 Å². The molecule has 4 rings (SSSR count). The van der Waals surface area contributed by atoms with Crippen LogP contribution in [0.25, 0.3) is 0 Å². The van der Waals surface area contributed by atoms with Gasteiger partial charge in [0.1, 0.15) is 79.2 Å². The zero-order valence-electron chi connectivity index (χ0n) is 36.4. The molecule has 416 valence electrons. The van der Waals surface area contributed by atoms with E-state index < -0.39 is 196 Å². The number of rotatable bonds is 25. The molecule has 0 bridgehead atoms. The fraction of sp³-hybridized carbons (Fsp3) is 0.806. The van der Waals surface area contributed by atoms with Crippen LogP contribution in [-0.2, 0) is 125 Å². The molecule has 4 heterocycles. The number of amides is 2. The maximum atomic E-state index is 12.7. The Bertz CT molecular complexity index is 2330. The van der Waals surface area contributed by atoms with Gasteiger partial charge in [-0.25, -0.2) is 16.7 Å². The monoisotopic (exact) mass is 1140 g/mol. The van der Waals surface area contributed by atoms with Gasteiger partial charge in [0.2, 0.25) is 24.4 Å². The Morgan fingerprint density at radius 3 is 1.32 bits per heavy atom. The van der Waals surface area contributed by atoms with E-state index in [-0.39, 0.29) is 12.9 Å². The van der Waals surface area contributed by atoms with Crippen molar-refractivity contribution in [1.29, 1.82) is 0 Å². The first kappa shape index (κ1) is 61.1. The first-order chi connectivity index (χ1) is 33.3. The van der Waals surface area contributed by atoms with Crippen LogP contribution in [0.1, 0.15) is 13.8 Å². The van der Waals surface area contributed by atoms with E-state index in [9.17, 15) is 96.6 Å². The number of carbonyl (C=O) groups excluding carboxylic acids is 4. The lowest BCUT2D eigenvalue weighted by atomic mass is 9.95. The van der Waals surface area contributed by atoms with Crippen LogP contribution in [0.15, 0.2) is 12.7 Å². The molecule has 72 heavy (non-hydrogen) atoms. The molecule has 20 atom stereocenters. The van der Waals surface area contributed by atoms with E-state index in [0.29, 0.717) is 0 Å². The van der Waals surface area contributed by atoms with Crippen LogP contribution >= 0.6 is 0 Å². The molecule has 4 aliphatic rings. The Hall–Kier alpha value is -3.42. The largest absolute Gasteiger partial charge is 0.435 e. The Morgan fingerprint density at radius 1 is 0.514 bits per heavy atom. The molecular formula is C31H48N2O35S4. The second-order valence-corrected chi connectivity index (χ2v) is 19.3. The molecule has 11 N–H and O–H groups in total. The molecular weight excluding hydrogens is 1090 g/mol. The summed E-state index contributed by atoms with van der Waals surface area (Å²) in [7, 11) is -22.4. The molecule has 4 fully saturated rings. The second-order valence-electron chi connectivity index (χ2n) is 15.0. The topological polar surface area (TPSA) is 540 Å². The molecule has 0 aromatic carbocycles. The Morgan fingerprint density at radius 2 is 0.903 bits per heavy atom. The molecule has 37 nitrogen and oxygen atoms in total. The van der Waals surface area contributed by atoms with Gasteiger partial charge in [0.05, 0.1) is 19.8 Å². The maximum absolute atomic E-state index is 12.7. The molecule has 4 aliphatic heterocycles.